The first-order chi connectivity index (χ1) is 5.34. The van der Waals surface area contributed by atoms with Crippen LogP contribution in [0.4, 0.5) is 0 Å². The number of hydrogen-bond donors (Lipinski definition) is 0. The van der Waals surface area contributed by atoms with E-state index in [0.29, 0.717) is 0 Å². The molecule has 0 amide bonds. The van der Waals surface area contributed by atoms with Gasteiger partial charge >= 0.3 is 0 Å². The van der Waals surface area contributed by atoms with Gasteiger partial charge in [-0.25, -0.2) is 0 Å². The highest BCUT2D eigenvalue weighted by Gasteiger charge is 1.91. The van der Waals surface area contributed by atoms with E-state index in [1.54, 1.807) is 6.20 Å². The molecule has 0 aliphatic carbocycles. The van der Waals surface area contributed by atoms with Gasteiger partial charge in [-0.3, -0.25) is 4.98 Å². The van der Waals surface area contributed by atoms with E-state index in [1.165, 1.54) is 11.1 Å². The molecule has 0 aliphatic heterocycles. The molecular formula is C10H13N. The molecule has 1 heteroatoms. The minimum atomic E-state index is 1.08. The van der Waals surface area contributed by atoms with Crippen molar-refractivity contribution in [2.24, 2.45) is 0 Å². The molecule has 0 atom stereocenters. The van der Waals surface area contributed by atoms with Crippen molar-refractivity contribution in [1.82, 2.24) is 4.98 Å². The van der Waals surface area contributed by atoms with Crippen molar-refractivity contribution >= 4 is 5.57 Å². The Bertz CT molecular complexity index is 236. The van der Waals surface area contributed by atoms with Crippen molar-refractivity contribution in [1.29, 1.82) is 0 Å². The first-order valence-electron chi connectivity index (χ1n) is 3.91. The number of allylic oxidation sites excluding steroid dienone is 2. The Kier molecular flexibility index (Phi) is 2.84. The molecule has 0 saturated carbocycles. The topological polar surface area (TPSA) is 12.9 Å². The van der Waals surface area contributed by atoms with Crippen LogP contribution in [0.1, 0.15) is 25.8 Å². The number of aromatic nitrogens is 1. The van der Waals surface area contributed by atoms with Crippen LogP contribution in [0.5, 0.6) is 0 Å². The summed E-state index contributed by atoms with van der Waals surface area (Å²) in [6.45, 7) is 4.25. The summed E-state index contributed by atoms with van der Waals surface area (Å²) in [6, 6.07) is 4.04. The van der Waals surface area contributed by atoms with Crippen LogP contribution in [0, 0.1) is 0 Å². The summed E-state index contributed by atoms with van der Waals surface area (Å²) in [5.74, 6) is 0. The van der Waals surface area contributed by atoms with Crippen molar-refractivity contribution in [2.45, 2.75) is 20.3 Å². The molecule has 0 fully saturated rings. The predicted molar refractivity (Wildman–Crippen MR) is 48.2 cm³/mol. The SMILES string of the molecule is CCC=C(C)c1cccnc1. The van der Waals surface area contributed by atoms with E-state index in [0.717, 1.165) is 6.42 Å². The van der Waals surface area contributed by atoms with Crippen molar-refractivity contribution in [3.8, 4) is 0 Å². The molecule has 0 aromatic carbocycles. The van der Waals surface area contributed by atoms with Crippen LogP contribution in [0.25, 0.3) is 5.57 Å². The van der Waals surface area contributed by atoms with Gasteiger partial charge in [0.2, 0.25) is 0 Å². The maximum absolute atomic E-state index is 4.05. The maximum Gasteiger partial charge on any atom is 0.0342 e. The zero-order valence-electron chi connectivity index (χ0n) is 7.04. The third-order valence-corrected chi connectivity index (χ3v) is 1.63. The summed E-state index contributed by atoms with van der Waals surface area (Å²) >= 11 is 0. The van der Waals surface area contributed by atoms with Crippen LogP contribution in [-0.2, 0) is 0 Å². The summed E-state index contributed by atoms with van der Waals surface area (Å²) in [7, 11) is 0. The van der Waals surface area contributed by atoms with E-state index in [2.05, 4.69) is 31.0 Å². The molecule has 0 saturated heterocycles. The fraction of sp³-hybridized carbons (Fsp3) is 0.300. The van der Waals surface area contributed by atoms with E-state index in [1.807, 2.05) is 12.3 Å². The molecule has 0 bridgehead atoms. The first kappa shape index (κ1) is 7.99. The van der Waals surface area contributed by atoms with Crippen molar-refractivity contribution in [3.63, 3.8) is 0 Å². The maximum atomic E-state index is 4.05. The Morgan fingerprint density at radius 3 is 3.00 bits per heavy atom. The lowest BCUT2D eigenvalue weighted by Gasteiger charge is -1.97. The van der Waals surface area contributed by atoms with Gasteiger partial charge in [-0.2, -0.15) is 0 Å². The minimum Gasteiger partial charge on any atom is -0.264 e. The molecular weight excluding hydrogens is 134 g/mol. The Balaban J connectivity index is 2.85. The van der Waals surface area contributed by atoms with Crippen molar-refractivity contribution < 1.29 is 0 Å². The van der Waals surface area contributed by atoms with Gasteiger partial charge in [0.05, 0.1) is 0 Å². The van der Waals surface area contributed by atoms with Gasteiger partial charge in [0, 0.05) is 12.4 Å². The molecule has 0 N–H and O–H groups in total. The van der Waals surface area contributed by atoms with E-state index in [4.69, 9.17) is 0 Å². The smallest absolute Gasteiger partial charge is 0.0342 e. The van der Waals surface area contributed by atoms with Gasteiger partial charge in [0.15, 0.2) is 0 Å². The summed E-state index contributed by atoms with van der Waals surface area (Å²) in [5, 5.41) is 0. The average molecular weight is 147 g/mol. The van der Waals surface area contributed by atoms with Gasteiger partial charge in [0.1, 0.15) is 0 Å². The minimum absolute atomic E-state index is 1.08. The van der Waals surface area contributed by atoms with Gasteiger partial charge < -0.3 is 0 Å². The second-order valence-electron chi connectivity index (χ2n) is 2.54. The van der Waals surface area contributed by atoms with Crippen LogP contribution < -0.4 is 0 Å². The second-order valence-corrected chi connectivity index (χ2v) is 2.54. The van der Waals surface area contributed by atoms with E-state index in [9.17, 15) is 0 Å². The predicted octanol–water partition coefficient (Wildman–Crippen LogP) is 2.89. The fourth-order valence-electron chi connectivity index (χ4n) is 1.02. The van der Waals surface area contributed by atoms with Crippen LogP contribution in [0.15, 0.2) is 30.6 Å². The number of nitrogens with zero attached hydrogens (tertiary/aromatic N) is 1. The molecule has 1 aromatic rings. The highest BCUT2D eigenvalue weighted by Crippen LogP contribution is 2.11. The molecule has 1 aromatic heterocycles. The van der Waals surface area contributed by atoms with Crippen LogP contribution in [0.2, 0.25) is 0 Å². The summed E-state index contributed by atoms with van der Waals surface area (Å²) < 4.78 is 0. The standard InChI is InChI=1S/C10H13N/c1-3-5-9(2)10-6-4-7-11-8-10/h4-8H,3H2,1-2H3. The van der Waals surface area contributed by atoms with Gasteiger partial charge in [0.25, 0.3) is 0 Å². The number of pyridine rings is 1. The molecule has 0 spiro atoms. The summed E-state index contributed by atoms with van der Waals surface area (Å²) in [6.07, 6.45) is 6.97. The lowest BCUT2D eigenvalue weighted by atomic mass is 10.1. The fourth-order valence-corrected chi connectivity index (χ4v) is 1.02. The molecule has 0 unspecified atom stereocenters. The number of rotatable bonds is 2. The van der Waals surface area contributed by atoms with Crippen LogP contribution >= 0.6 is 0 Å². The second kappa shape index (κ2) is 3.91. The first-order valence-corrected chi connectivity index (χ1v) is 3.91. The van der Waals surface area contributed by atoms with E-state index in [-0.39, 0.29) is 0 Å². The van der Waals surface area contributed by atoms with Crippen molar-refractivity contribution in [2.75, 3.05) is 0 Å². The van der Waals surface area contributed by atoms with Gasteiger partial charge in [-0.15, -0.1) is 0 Å². The Morgan fingerprint density at radius 2 is 2.45 bits per heavy atom. The highest BCUT2D eigenvalue weighted by atomic mass is 14.6. The third kappa shape index (κ3) is 2.19. The monoisotopic (exact) mass is 147 g/mol. The quantitative estimate of drug-likeness (QED) is 0.626. The van der Waals surface area contributed by atoms with Crippen molar-refractivity contribution in [3.05, 3.63) is 36.2 Å². The zero-order chi connectivity index (χ0) is 8.10. The molecule has 0 aliphatic rings. The summed E-state index contributed by atoms with van der Waals surface area (Å²) in [5.41, 5.74) is 2.52. The molecule has 1 heterocycles. The largest absolute Gasteiger partial charge is 0.264 e. The Morgan fingerprint density at radius 1 is 1.64 bits per heavy atom. The molecule has 0 radical (unpaired) electrons. The zero-order valence-corrected chi connectivity index (χ0v) is 7.04. The highest BCUT2D eigenvalue weighted by molar-refractivity contribution is 5.62. The van der Waals surface area contributed by atoms with E-state index >= 15 is 0 Å². The lowest BCUT2D eigenvalue weighted by Crippen LogP contribution is -1.79. The molecule has 1 rings (SSSR count). The molecule has 58 valence electrons. The Hall–Kier alpha value is -1.11. The van der Waals surface area contributed by atoms with Crippen LogP contribution in [-0.4, -0.2) is 4.98 Å². The number of hydrogen-bond acceptors (Lipinski definition) is 1. The average Bonchev–Trinajstić information content (AvgIpc) is 2.07. The van der Waals surface area contributed by atoms with E-state index < -0.39 is 0 Å². The third-order valence-electron chi connectivity index (χ3n) is 1.63. The van der Waals surface area contributed by atoms with Gasteiger partial charge in [-0.05, 0) is 30.5 Å². The summed E-state index contributed by atoms with van der Waals surface area (Å²) in [4.78, 5) is 4.05. The Labute approximate surface area is 67.8 Å². The lowest BCUT2D eigenvalue weighted by molar-refractivity contribution is 1.21. The van der Waals surface area contributed by atoms with Crippen LogP contribution in [0.3, 0.4) is 0 Å². The normalized spacial score (nSPS) is 11.6. The molecule has 1 nitrogen and oxygen atoms in total. The van der Waals surface area contributed by atoms with Gasteiger partial charge in [-0.1, -0.05) is 19.1 Å². The molecule has 11 heavy (non-hydrogen) atoms.